The van der Waals surface area contributed by atoms with E-state index in [2.05, 4.69) is 23.8 Å². The van der Waals surface area contributed by atoms with E-state index in [1.165, 1.54) is 23.3 Å². The molecule has 2 aromatic heterocycles. The van der Waals surface area contributed by atoms with Crippen molar-refractivity contribution in [3.8, 4) is 11.3 Å². The summed E-state index contributed by atoms with van der Waals surface area (Å²) in [5.74, 6) is -7.36. The van der Waals surface area contributed by atoms with Gasteiger partial charge in [0.15, 0.2) is 41.1 Å². The first kappa shape index (κ1) is 81.8. The highest BCUT2D eigenvalue weighted by atomic mass is 16.7. The lowest BCUT2D eigenvalue weighted by atomic mass is 9.68. The van der Waals surface area contributed by atoms with Crippen LogP contribution in [0.15, 0.2) is 73.2 Å². The molecule has 1 amide bonds. The van der Waals surface area contributed by atoms with E-state index in [0.717, 1.165) is 24.1 Å². The van der Waals surface area contributed by atoms with Gasteiger partial charge in [-0.2, -0.15) is 0 Å². The molecule has 562 valence electrons. The first-order valence-corrected chi connectivity index (χ1v) is 37.3. The number of aliphatic hydroxyl groups is 1. The number of rotatable bonds is 15. The van der Waals surface area contributed by atoms with Gasteiger partial charge in [-0.15, -0.1) is 0 Å². The van der Waals surface area contributed by atoms with Crippen LogP contribution in [-0.4, -0.2) is 155 Å². The van der Waals surface area contributed by atoms with Crippen LogP contribution >= 0.6 is 0 Å². The quantitative estimate of drug-likeness (QED) is 0.0641. The van der Waals surface area contributed by atoms with E-state index in [0.29, 0.717) is 63.1 Å². The maximum absolute atomic E-state index is 14.7. The summed E-state index contributed by atoms with van der Waals surface area (Å²) < 4.78 is 53.4. The van der Waals surface area contributed by atoms with E-state index in [-0.39, 0.29) is 60.0 Å². The Kier molecular flexibility index (Phi) is 27.9. The van der Waals surface area contributed by atoms with Crippen LogP contribution in [0, 0.1) is 70.0 Å². The molecule has 0 spiro atoms. The van der Waals surface area contributed by atoms with Crippen molar-refractivity contribution in [2.45, 2.75) is 289 Å². The molecule has 5 aliphatic rings. The van der Waals surface area contributed by atoms with E-state index in [4.69, 9.17) is 37.9 Å². The third kappa shape index (κ3) is 18.6. The maximum Gasteiger partial charge on any atom is 0.420 e. The van der Waals surface area contributed by atoms with Gasteiger partial charge >= 0.3 is 24.1 Å². The normalized spacial score (nSPS) is 36.8. The van der Waals surface area contributed by atoms with Gasteiger partial charge < -0.3 is 52.5 Å². The van der Waals surface area contributed by atoms with Crippen molar-refractivity contribution in [2.24, 2.45) is 70.0 Å². The number of aromatic nitrogens is 4. The maximum atomic E-state index is 14.7. The van der Waals surface area contributed by atoms with Crippen LogP contribution < -0.4 is 0 Å². The summed E-state index contributed by atoms with van der Waals surface area (Å²) in [4.78, 5) is 122. The summed E-state index contributed by atoms with van der Waals surface area (Å²) >= 11 is 0. The fourth-order valence-electron chi connectivity index (χ4n) is 16.9. The summed E-state index contributed by atoms with van der Waals surface area (Å²) in [7, 11) is 0. The van der Waals surface area contributed by atoms with Crippen molar-refractivity contribution in [3.63, 3.8) is 0 Å². The number of carbonyl (C=O) groups excluding carboxylic acids is 8. The highest BCUT2D eigenvalue weighted by Crippen LogP contribution is 2.47. The van der Waals surface area contributed by atoms with E-state index in [9.17, 15) is 43.5 Å². The molecule has 2 unspecified atom stereocenters. The molecular weight excluding hydrogens is 1290 g/mol. The fraction of sp³-hybridized carbons (Fsp3) is 0.722. The number of amides is 1. The van der Waals surface area contributed by atoms with Crippen LogP contribution in [0.5, 0.6) is 0 Å². The van der Waals surface area contributed by atoms with E-state index >= 15 is 0 Å². The Hall–Kier alpha value is -6.46. The Bertz CT molecular complexity index is 3350. The second-order valence-corrected chi connectivity index (χ2v) is 31.6. The number of nitrogens with zero attached hydrogens (tertiary/aromatic N) is 5. The predicted molar refractivity (Wildman–Crippen MR) is 380 cm³/mol. The third-order valence-corrected chi connectivity index (χ3v) is 22.7. The highest BCUT2D eigenvalue weighted by Gasteiger charge is 2.62. The van der Waals surface area contributed by atoms with E-state index in [1.54, 1.807) is 59.4 Å². The van der Waals surface area contributed by atoms with Crippen LogP contribution in [0.4, 0.5) is 9.59 Å². The van der Waals surface area contributed by atoms with Crippen LogP contribution in [0.25, 0.3) is 11.3 Å². The molecule has 4 saturated heterocycles. The molecule has 8 rings (SSSR count). The number of benzene rings is 1. The summed E-state index contributed by atoms with van der Waals surface area (Å²) in [5.41, 5.74) is -1.90. The van der Waals surface area contributed by atoms with Gasteiger partial charge in [-0.05, 0) is 133 Å². The molecule has 7 heterocycles. The SMILES string of the molecule is CC[C@H]1OC(=O)[C@H](C)C(=O)[C@H](C)[C@@H](OC2O[C@H](C)C[C@H](C)[C@H]2C)C(C)(C)C[C@@H](C)C(=O)/C(C)=C/[C@]1(CC)OC(=O)n1ccnc1.CC[C@H]1OC(=O)[C@H](C)C(=O)[C@H](C)[C@@H](OC2O[C@H](C)C[C@H](C)[C@H]2O)C(C)(C)C[C@@H](C)C(=O)[C@H](C)[C@H]2N(CCCCn3cnc(-c4ccccc4)c3)C(=O)O[C@]12CC. The molecule has 22 atom stereocenters. The number of hydrogen-bond acceptors (Lipinski definition) is 19. The second kappa shape index (κ2) is 34.4. The Balaban J connectivity index is 0.000000291. The molecule has 101 heavy (non-hydrogen) atoms. The number of unbranched alkanes of at least 4 members (excludes halogenated alkanes) is 1. The van der Waals surface area contributed by atoms with Gasteiger partial charge in [0.25, 0.3) is 0 Å². The number of hydrogen-bond donors (Lipinski definition) is 1. The number of Topliss-reactive ketones (excluding diaryl/α,β-unsaturated/α-hetero) is 4. The number of fused-ring (bicyclic) bond motifs is 1. The number of ketones is 4. The monoisotopic (exact) mass is 1410 g/mol. The molecular formula is C79H119N5O17. The van der Waals surface area contributed by atoms with E-state index < -0.39 is 137 Å². The molecule has 22 heteroatoms. The fourth-order valence-corrected chi connectivity index (χ4v) is 16.9. The number of carbonyl (C=O) groups is 8. The minimum atomic E-state index is -1.47. The third-order valence-electron chi connectivity index (χ3n) is 22.7. The largest absolute Gasteiger partial charge is 0.457 e. The van der Waals surface area contributed by atoms with Crippen molar-refractivity contribution in [2.75, 3.05) is 6.54 Å². The van der Waals surface area contributed by atoms with Gasteiger partial charge in [0, 0.05) is 72.8 Å². The summed E-state index contributed by atoms with van der Waals surface area (Å²) in [6, 6.07) is 9.25. The first-order valence-electron chi connectivity index (χ1n) is 37.3. The van der Waals surface area contributed by atoms with Crippen LogP contribution in [-0.2, 0) is 73.2 Å². The number of cyclic esters (lactones) is 2. The van der Waals surface area contributed by atoms with Gasteiger partial charge in [-0.3, -0.25) is 28.8 Å². The van der Waals surface area contributed by atoms with E-state index in [1.807, 2.05) is 131 Å². The molecule has 1 aromatic carbocycles. The second-order valence-electron chi connectivity index (χ2n) is 31.6. The van der Waals surface area contributed by atoms with Gasteiger partial charge in [-0.1, -0.05) is 141 Å². The highest BCUT2D eigenvalue weighted by molar-refractivity contribution is 6.01. The van der Waals surface area contributed by atoms with Crippen molar-refractivity contribution < 1.29 is 81.4 Å². The zero-order valence-electron chi connectivity index (χ0n) is 64.1. The van der Waals surface area contributed by atoms with Crippen LogP contribution in [0.2, 0.25) is 0 Å². The molecule has 5 aliphatic heterocycles. The molecule has 0 radical (unpaired) electrons. The number of esters is 2. The first-order chi connectivity index (χ1) is 47.4. The Labute approximate surface area is 599 Å². The summed E-state index contributed by atoms with van der Waals surface area (Å²) in [5, 5.41) is 11.1. The number of aliphatic hydroxyl groups excluding tert-OH is 1. The topological polar surface area (TPSA) is 270 Å². The van der Waals surface area contributed by atoms with Crippen molar-refractivity contribution in [1.29, 1.82) is 0 Å². The van der Waals surface area contributed by atoms with Crippen LogP contribution in [0.1, 0.15) is 210 Å². The van der Waals surface area contributed by atoms with Gasteiger partial charge in [0.2, 0.25) is 0 Å². The molecule has 3 aromatic rings. The van der Waals surface area contributed by atoms with Crippen molar-refractivity contribution >= 4 is 47.3 Å². The minimum Gasteiger partial charge on any atom is -0.457 e. The smallest absolute Gasteiger partial charge is 0.420 e. The Morgan fingerprint density at radius 3 is 1.75 bits per heavy atom. The van der Waals surface area contributed by atoms with Gasteiger partial charge in [0.1, 0.15) is 42.3 Å². The van der Waals surface area contributed by atoms with Crippen LogP contribution in [0.3, 0.4) is 0 Å². The van der Waals surface area contributed by atoms with Gasteiger partial charge in [0.05, 0.1) is 42.5 Å². The average molecular weight is 1410 g/mol. The van der Waals surface area contributed by atoms with Crippen molar-refractivity contribution in [1.82, 2.24) is 24.0 Å². The standard InChI is InChI=1S/C44H65N3O9.C35H54N2O8/c1-11-34-44(12-2)38(47(42(52)56-44)21-17-16-20-46-24-33(45-25-46)32-18-14-13-15-19-32)29(6)35(48)27(4)23-43(9,10)39(30(7)37(50)31(8)40(51)54-34)55-41-36(49)26(3)22-28(5)53-41;1-12-27-35(13-2,45-33(41)37-15-14-36-19-37)18-22(5)28(38)21(4)17-34(10,11)30(25(8)29(39)26(9)31(40)43-27)44-32-24(7)20(3)16-23(6)42-32/h13-15,18-19,24-31,34,36,38-39,41,49H,11-12,16-17,20-23H2,1-10H3;14-15,18-21,23-27,30,32H,12-13,16-17H2,1-11H3/b;22-18+/t26-,27+,28+,29-,30-,31+,34+,36+,38+,39+,41?,44+;20-,21+,23+,24+,25-,26+,27+,30+,32?,35-/m00/s1. The lowest BCUT2D eigenvalue weighted by Crippen LogP contribution is -2.59. The molecule has 22 nitrogen and oxygen atoms in total. The number of allylic oxidation sites excluding steroid dienone is 1. The zero-order chi connectivity index (χ0) is 75.0. The van der Waals surface area contributed by atoms with Gasteiger partial charge in [-0.25, -0.2) is 24.1 Å². The Morgan fingerprint density at radius 2 is 1.20 bits per heavy atom. The molecule has 0 bridgehead atoms. The van der Waals surface area contributed by atoms with Crippen molar-refractivity contribution in [3.05, 3.63) is 73.2 Å². The number of ether oxygens (including phenoxy) is 8. The zero-order valence-corrected chi connectivity index (χ0v) is 64.1. The molecule has 0 aliphatic carbocycles. The lowest BCUT2D eigenvalue weighted by molar-refractivity contribution is -0.284. The molecule has 1 N–H and O–H groups in total. The Morgan fingerprint density at radius 1 is 0.653 bits per heavy atom. The summed E-state index contributed by atoms with van der Waals surface area (Å²) in [6.45, 7) is 40.3. The number of imidazole rings is 2. The molecule has 0 saturated carbocycles. The lowest BCUT2D eigenvalue weighted by Gasteiger charge is -2.46. The molecule has 4 fully saturated rings. The minimum absolute atomic E-state index is 0.00343. The predicted octanol–water partition coefficient (Wildman–Crippen LogP) is 13.8. The summed E-state index contributed by atoms with van der Waals surface area (Å²) in [6.07, 6.45) is 7.30. The average Bonchev–Trinajstić information content (AvgIpc) is 1.57. The number of aryl methyl sites for hydroxylation is 1.